The predicted octanol–water partition coefficient (Wildman–Crippen LogP) is 4.37. The van der Waals surface area contributed by atoms with Gasteiger partial charge in [-0.3, -0.25) is 0 Å². The summed E-state index contributed by atoms with van der Waals surface area (Å²) in [5.74, 6) is 0.432. The third-order valence-corrected chi connectivity index (χ3v) is 3.46. The number of nitrogens with one attached hydrogen (secondary N) is 1. The average Bonchev–Trinajstić information content (AvgIpc) is 2.42. The Hall–Kier alpha value is -1.09. The topological polar surface area (TPSA) is 15.3 Å². The van der Waals surface area contributed by atoms with Gasteiger partial charge < -0.3 is 10.2 Å². The highest BCUT2D eigenvalue weighted by Gasteiger charge is 2.16. The van der Waals surface area contributed by atoms with Crippen molar-refractivity contribution in [2.45, 2.75) is 47.1 Å². The summed E-state index contributed by atoms with van der Waals surface area (Å²) in [6.45, 7) is 13.7. The fraction of sp³-hybridized carbons (Fsp3) is 0.647. The molecule has 0 heterocycles. The summed E-state index contributed by atoms with van der Waals surface area (Å²) in [4.78, 5) is 2.34. The second-order valence-corrected chi connectivity index (χ2v) is 5.81. The maximum absolute atomic E-state index is 13.6. The van der Waals surface area contributed by atoms with Gasteiger partial charge in [0.25, 0.3) is 0 Å². The maximum atomic E-state index is 13.6. The molecule has 0 aliphatic rings. The molecule has 1 aromatic rings. The van der Waals surface area contributed by atoms with Gasteiger partial charge in [-0.05, 0) is 56.5 Å². The Balaban J connectivity index is 3.04. The summed E-state index contributed by atoms with van der Waals surface area (Å²) in [7, 11) is 0. The van der Waals surface area contributed by atoms with Crippen molar-refractivity contribution in [1.29, 1.82) is 0 Å². The molecule has 0 radical (unpaired) electrons. The molecule has 0 saturated heterocycles. The van der Waals surface area contributed by atoms with E-state index in [9.17, 15) is 4.39 Å². The van der Waals surface area contributed by atoms with E-state index < -0.39 is 0 Å². The molecule has 20 heavy (non-hydrogen) atoms. The van der Waals surface area contributed by atoms with Gasteiger partial charge in [-0.2, -0.15) is 0 Å². The molecule has 0 aromatic heterocycles. The van der Waals surface area contributed by atoms with E-state index in [1.807, 2.05) is 6.07 Å². The van der Waals surface area contributed by atoms with Crippen molar-refractivity contribution in [3.8, 4) is 0 Å². The van der Waals surface area contributed by atoms with Gasteiger partial charge >= 0.3 is 0 Å². The van der Waals surface area contributed by atoms with E-state index in [1.165, 1.54) is 0 Å². The lowest BCUT2D eigenvalue weighted by Gasteiger charge is -2.29. The lowest BCUT2D eigenvalue weighted by molar-refractivity contribution is 0.556. The number of hydrogen-bond acceptors (Lipinski definition) is 2. The van der Waals surface area contributed by atoms with Gasteiger partial charge in [-0.25, -0.2) is 4.39 Å². The fourth-order valence-electron chi connectivity index (χ4n) is 2.47. The molecule has 0 amide bonds. The first-order valence-corrected chi connectivity index (χ1v) is 7.77. The molecule has 0 bridgehead atoms. The van der Waals surface area contributed by atoms with Crippen LogP contribution in [0, 0.1) is 11.7 Å². The average molecular weight is 280 g/mol. The zero-order valence-electron chi connectivity index (χ0n) is 13.5. The molecule has 1 aromatic carbocycles. The van der Waals surface area contributed by atoms with Crippen LogP contribution in [0.1, 0.15) is 52.6 Å². The standard InChI is InChI=1S/C17H29FN2/c1-6-10-19-14(5)16-11-15(18)8-9-17(16)20(7-2)12-13(3)4/h8-9,11,13-14,19H,6-7,10,12H2,1-5H3. The summed E-state index contributed by atoms with van der Waals surface area (Å²) >= 11 is 0. The first-order chi connectivity index (χ1) is 9.49. The van der Waals surface area contributed by atoms with Crippen LogP contribution in [-0.2, 0) is 0 Å². The van der Waals surface area contributed by atoms with Crippen molar-refractivity contribution in [1.82, 2.24) is 5.32 Å². The molecule has 1 N–H and O–H groups in total. The predicted molar refractivity (Wildman–Crippen MR) is 85.8 cm³/mol. The first kappa shape index (κ1) is 17.0. The number of anilines is 1. The van der Waals surface area contributed by atoms with Gasteiger partial charge in [0.05, 0.1) is 0 Å². The Morgan fingerprint density at radius 1 is 1.20 bits per heavy atom. The molecule has 1 atom stereocenters. The van der Waals surface area contributed by atoms with E-state index in [0.29, 0.717) is 5.92 Å². The normalized spacial score (nSPS) is 12.8. The summed E-state index contributed by atoms with van der Waals surface area (Å²) in [6, 6.07) is 5.32. The molecule has 0 fully saturated rings. The van der Waals surface area contributed by atoms with Gasteiger partial charge in [-0.15, -0.1) is 0 Å². The second kappa shape index (κ2) is 8.25. The second-order valence-electron chi connectivity index (χ2n) is 5.81. The zero-order valence-corrected chi connectivity index (χ0v) is 13.5. The minimum atomic E-state index is -0.158. The molecule has 1 unspecified atom stereocenters. The SMILES string of the molecule is CCCNC(C)c1cc(F)ccc1N(CC)CC(C)C. The highest BCUT2D eigenvalue weighted by molar-refractivity contribution is 5.55. The molecule has 114 valence electrons. The van der Waals surface area contributed by atoms with Crippen molar-refractivity contribution in [3.05, 3.63) is 29.6 Å². The molecule has 2 nitrogen and oxygen atoms in total. The summed E-state index contributed by atoms with van der Waals surface area (Å²) in [5, 5.41) is 3.46. The molecule has 0 spiro atoms. The van der Waals surface area contributed by atoms with E-state index in [4.69, 9.17) is 0 Å². The smallest absolute Gasteiger partial charge is 0.123 e. The van der Waals surface area contributed by atoms with Gasteiger partial charge in [0.1, 0.15) is 5.82 Å². The molecular weight excluding hydrogens is 251 g/mol. The van der Waals surface area contributed by atoms with Crippen LogP contribution in [0.25, 0.3) is 0 Å². The monoisotopic (exact) mass is 280 g/mol. The zero-order chi connectivity index (χ0) is 15.1. The van der Waals surface area contributed by atoms with Crippen molar-refractivity contribution in [2.75, 3.05) is 24.5 Å². The van der Waals surface area contributed by atoms with Crippen LogP contribution in [0.3, 0.4) is 0 Å². The van der Waals surface area contributed by atoms with Crippen LogP contribution in [0.4, 0.5) is 10.1 Å². The molecular formula is C17H29FN2. The van der Waals surface area contributed by atoms with Gasteiger partial charge in [-0.1, -0.05) is 20.8 Å². The van der Waals surface area contributed by atoms with Crippen molar-refractivity contribution in [3.63, 3.8) is 0 Å². The van der Waals surface area contributed by atoms with Crippen LogP contribution in [0.15, 0.2) is 18.2 Å². The summed E-state index contributed by atoms with van der Waals surface area (Å²) in [6.07, 6.45) is 1.08. The van der Waals surface area contributed by atoms with E-state index in [0.717, 1.165) is 37.3 Å². The Kier molecular flexibility index (Phi) is 7.00. The molecule has 1 rings (SSSR count). The van der Waals surface area contributed by atoms with E-state index >= 15 is 0 Å². The first-order valence-electron chi connectivity index (χ1n) is 7.77. The Labute approximate surface area is 123 Å². The lowest BCUT2D eigenvalue weighted by Crippen LogP contribution is -2.30. The van der Waals surface area contributed by atoms with E-state index in [-0.39, 0.29) is 11.9 Å². The number of halogens is 1. The number of benzene rings is 1. The van der Waals surface area contributed by atoms with Gasteiger partial charge in [0.2, 0.25) is 0 Å². The highest BCUT2D eigenvalue weighted by Crippen LogP contribution is 2.28. The minimum Gasteiger partial charge on any atom is -0.371 e. The van der Waals surface area contributed by atoms with E-state index in [1.54, 1.807) is 12.1 Å². The summed E-state index contributed by atoms with van der Waals surface area (Å²) < 4.78 is 13.6. The van der Waals surface area contributed by atoms with Gasteiger partial charge in [0, 0.05) is 24.8 Å². The summed E-state index contributed by atoms with van der Waals surface area (Å²) in [5.41, 5.74) is 2.21. The van der Waals surface area contributed by atoms with Crippen molar-refractivity contribution >= 4 is 5.69 Å². The third-order valence-electron chi connectivity index (χ3n) is 3.46. The number of nitrogens with zero attached hydrogens (tertiary/aromatic N) is 1. The molecule has 0 aliphatic carbocycles. The Morgan fingerprint density at radius 2 is 1.90 bits per heavy atom. The van der Waals surface area contributed by atoms with Gasteiger partial charge in [0.15, 0.2) is 0 Å². The lowest BCUT2D eigenvalue weighted by atomic mass is 10.0. The van der Waals surface area contributed by atoms with Crippen LogP contribution in [0.2, 0.25) is 0 Å². The molecule has 0 aliphatic heterocycles. The Morgan fingerprint density at radius 3 is 2.45 bits per heavy atom. The van der Waals surface area contributed by atoms with Crippen LogP contribution in [0.5, 0.6) is 0 Å². The largest absolute Gasteiger partial charge is 0.371 e. The van der Waals surface area contributed by atoms with Crippen molar-refractivity contribution < 1.29 is 4.39 Å². The molecule has 0 saturated carbocycles. The minimum absolute atomic E-state index is 0.158. The maximum Gasteiger partial charge on any atom is 0.123 e. The van der Waals surface area contributed by atoms with Crippen LogP contribution < -0.4 is 10.2 Å². The highest BCUT2D eigenvalue weighted by atomic mass is 19.1. The fourth-order valence-corrected chi connectivity index (χ4v) is 2.47. The van der Waals surface area contributed by atoms with Crippen LogP contribution >= 0.6 is 0 Å². The third kappa shape index (κ3) is 4.78. The Bertz CT molecular complexity index is 404. The number of rotatable bonds is 8. The number of hydrogen-bond donors (Lipinski definition) is 1. The van der Waals surface area contributed by atoms with Crippen LogP contribution in [-0.4, -0.2) is 19.6 Å². The van der Waals surface area contributed by atoms with E-state index in [2.05, 4.69) is 44.8 Å². The quantitative estimate of drug-likeness (QED) is 0.760. The molecule has 3 heteroatoms. The van der Waals surface area contributed by atoms with Crippen molar-refractivity contribution in [2.24, 2.45) is 5.92 Å².